The Bertz CT molecular complexity index is 2150. The number of fused-ring (bicyclic) bond motifs is 3. The fourth-order valence-corrected chi connectivity index (χ4v) is 6.12. The van der Waals surface area contributed by atoms with Gasteiger partial charge in [0.25, 0.3) is 0 Å². The molecular formula is C35H32N6O2. The number of aromatic nitrogens is 6. The molecule has 0 aliphatic carbocycles. The van der Waals surface area contributed by atoms with E-state index in [0.717, 1.165) is 79.8 Å². The molecule has 0 spiro atoms. The van der Waals surface area contributed by atoms with Crippen molar-refractivity contribution < 1.29 is 9.90 Å². The van der Waals surface area contributed by atoms with E-state index in [1.54, 1.807) is 4.57 Å². The third-order valence-corrected chi connectivity index (χ3v) is 8.12. The molecule has 1 N–H and O–H groups in total. The number of aliphatic carboxylic acids is 1. The summed E-state index contributed by atoms with van der Waals surface area (Å²) in [6.45, 7) is 4.76. The molecule has 0 bridgehead atoms. The first-order chi connectivity index (χ1) is 20.9. The maximum atomic E-state index is 11.8. The molecule has 4 aromatic carbocycles. The van der Waals surface area contributed by atoms with E-state index in [9.17, 15) is 9.90 Å². The third kappa shape index (κ3) is 4.65. The lowest BCUT2D eigenvalue weighted by molar-refractivity contribution is -0.137. The molecule has 7 aromatic rings. The fourth-order valence-electron chi connectivity index (χ4n) is 6.12. The predicted octanol–water partition coefficient (Wildman–Crippen LogP) is 7.00. The first-order valence-corrected chi connectivity index (χ1v) is 14.6. The van der Waals surface area contributed by atoms with Crippen LogP contribution in [0.5, 0.6) is 0 Å². The van der Waals surface area contributed by atoms with Gasteiger partial charge in [0.15, 0.2) is 0 Å². The zero-order valence-electron chi connectivity index (χ0n) is 24.5. The highest BCUT2D eigenvalue weighted by molar-refractivity contribution is 5.88. The quantitative estimate of drug-likeness (QED) is 0.213. The maximum Gasteiger partial charge on any atom is 0.323 e. The Morgan fingerprint density at radius 3 is 2.30 bits per heavy atom. The van der Waals surface area contributed by atoms with Crippen molar-refractivity contribution in [2.24, 2.45) is 7.05 Å². The van der Waals surface area contributed by atoms with Crippen LogP contribution in [-0.2, 0) is 31.4 Å². The van der Waals surface area contributed by atoms with E-state index >= 15 is 0 Å². The first kappa shape index (κ1) is 26.6. The lowest BCUT2D eigenvalue weighted by Gasteiger charge is -2.11. The van der Waals surface area contributed by atoms with E-state index in [1.165, 1.54) is 0 Å². The number of benzene rings is 4. The number of nitrogens with zero attached hydrogens (tertiary/aromatic N) is 6. The van der Waals surface area contributed by atoms with E-state index in [-0.39, 0.29) is 6.54 Å². The monoisotopic (exact) mass is 568 g/mol. The number of para-hydroxylation sites is 2. The molecule has 0 fully saturated rings. The van der Waals surface area contributed by atoms with Crippen LogP contribution < -0.4 is 0 Å². The zero-order valence-corrected chi connectivity index (χ0v) is 24.5. The Kier molecular flexibility index (Phi) is 6.54. The third-order valence-electron chi connectivity index (χ3n) is 8.12. The van der Waals surface area contributed by atoms with Gasteiger partial charge in [0.1, 0.15) is 24.0 Å². The molecule has 3 heterocycles. The van der Waals surface area contributed by atoms with E-state index in [4.69, 9.17) is 15.0 Å². The van der Waals surface area contributed by atoms with Crippen LogP contribution in [0.1, 0.15) is 30.3 Å². The summed E-state index contributed by atoms with van der Waals surface area (Å²) in [5.41, 5.74) is 9.87. The van der Waals surface area contributed by atoms with Gasteiger partial charge in [-0.3, -0.25) is 4.79 Å². The number of aryl methyl sites for hydroxylation is 3. The number of carbonyl (C=O) groups is 1. The molecule has 3 aromatic heterocycles. The van der Waals surface area contributed by atoms with Gasteiger partial charge < -0.3 is 18.8 Å². The van der Waals surface area contributed by atoms with Crippen molar-refractivity contribution in [3.8, 4) is 22.8 Å². The van der Waals surface area contributed by atoms with Crippen molar-refractivity contribution in [2.75, 3.05) is 0 Å². The second-order valence-electron chi connectivity index (χ2n) is 11.1. The molecule has 0 saturated carbocycles. The molecule has 0 radical (unpaired) electrons. The molecule has 0 unspecified atom stereocenters. The van der Waals surface area contributed by atoms with Gasteiger partial charge in [-0.15, -0.1) is 0 Å². The summed E-state index contributed by atoms with van der Waals surface area (Å²) in [7, 11) is 2.06. The van der Waals surface area contributed by atoms with Crippen molar-refractivity contribution in [2.45, 2.75) is 39.8 Å². The van der Waals surface area contributed by atoms with E-state index in [0.29, 0.717) is 12.4 Å². The largest absolute Gasteiger partial charge is 0.480 e. The van der Waals surface area contributed by atoms with Crippen molar-refractivity contribution >= 4 is 39.1 Å². The second-order valence-corrected chi connectivity index (χ2v) is 11.1. The van der Waals surface area contributed by atoms with Gasteiger partial charge in [-0.25, -0.2) is 15.0 Å². The lowest BCUT2D eigenvalue weighted by atomic mass is 10.1. The van der Waals surface area contributed by atoms with Crippen LogP contribution in [0.3, 0.4) is 0 Å². The SMILES string of the molecule is CCCc1nc2c(C)cc(-c3nc4ccccc4n3C)cc2n1Cc1ccc2c(c1)nc(-c1ccccc1)n2CC(=O)O. The van der Waals surface area contributed by atoms with Gasteiger partial charge in [-0.2, -0.15) is 0 Å². The smallest absolute Gasteiger partial charge is 0.323 e. The number of hydrogen-bond donors (Lipinski definition) is 1. The normalized spacial score (nSPS) is 11.7. The van der Waals surface area contributed by atoms with Crippen LogP contribution in [0.15, 0.2) is 84.9 Å². The first-order valence-electron chi connectivity index (χ1n) is 14.6. The van der Waals surface area contributed by atoms with Gasteiger partial charge >= 0.3 is 5.97 Å². The number of hydrogen-bond acceptors (Lipinski definition) is 4. The Morgan fingerprint density at radius 1 is 0.767 bits per heavy atom. The number of imidazole rings is 3. The number of carboxylic acids is 1. The van der Waals surface area contributed by atoms with E-state index < -0.39 is 5.97 Å². The lowest BCUT2D eigenvalue weighted by Crippen LogP contribution is -2.10. The molecule has 214 valence electrons. The van der Waals surface area contributed by atoms with Gasteiger partial charge in [-0.05, 0) is 60.9 Å². The Labute approximate surface area is 248 Å². The van der Waals surface area contributed by atoms with Crippen LogP contribution in [0, 0.1) is 6.92 Å². The van der Waals surface area contributed by atoms with Crippen LogP contribution in [0.4, 0.5) is 0 Å². The molecule has 0 aliphatic heterocycles. The Balaban J connectivity index is 1.35. The van der Waals surface area contributed by atoms with Crippen molar-refractivity contribution in [3.63, 3.8) is 0 Å². The highest BCUT2D eigenvalue weighted by Gasteiger charge is 2.19. The molecule has 0 saturated heterocycles. The van der Waals surface area contributed by atoms with E-state index in [1.807, 2.05) is 54.6 Å². The summed E-state index contributed by atoms with van der Waals surface area (Å²) in [6, 6.07) is 28.5. The predicted molar refractivity (Wildman–Crippen MR) is 170 cm³/mol. The summed E-state index contributed by atoms with van der Waals surface area (Å²) in [5, 5.41) is 9.64. The molecule has 0 amide bonds. The summed E-state index contributed by atoms with van der Waals surface area (Å²) in [5.74, 6) is 1.72. The zero-order chi connectivity index (χ0) is 29.7. The molecular weight excluding hydrogens is 536 g/mol. The minimum absolute atomic E-state index is 0.156. The standard InChI is InChI=1S/C35H32N6O2/c1-4-10-31-38-33-22(2)17-25(34-36-26-13-8-9-14-28(26)39(34)3)19-30(33)40(31)20-23-15-16-29-27(18-23)37-35(41(29)21-32(42)43)24-11-6-5-7-12-24/h5-9,11-19H,4,10,20-21H2,1-3H3,(H,42,43). The number of rotatable bonds is 8. The minimum atomic E-state index is -0.901. The molecule has 43 heavy (non-hydrogen) atoms. The summed E-state index contributed by atoms with van der Waals surface area (Å²) < 4.78 is 6.24. The molecule has 8 nitrogen and oxygen atoms in total. The van der Waals surface area contributed by atoms with Crippen molar-refractivity contribution in [3.05, 3.63) is 102 Å². The highest BCUT2D eigenvalue weighted by Crippen LogP contribution is 2.31. The Morgan fingerprint density at radius 2 is 1.53 bits per heavy atom. The Hall–Kier alpha value is -5.24. The van der Waals surface area contributed by atoms with E-state index in [2.05, 4.69) is 60.4 Å². The van der Waals surface area contributed by atoms with Gasteiger partial charge in [-0.1, -0.05) is 55.5 Å². The average Bonchev–Trinajstić information content (AvgIpc) is 3.65. The second kappa shape index (κ2) is 10.5. The molecule has 7 rings (SSSR count). The van der Waals surface area contributed by atoms with Gasteiger partial charge in [0.05, 0.1) is 33.1 Å². The average molecular weight is 569 g/mol. The van der Waals surface area contributed by atoms with Gasteiger partial charge in [0.2, 0.25) is 0 Å². The van der Waals surface area contributed by atoms with Gasteiger partial charge in [0, 0.05) is 31.1 Å². The summed E-state index contributed by atoms with van der Waals surface area (Å²) in [6.07, 6.45) is 1.85. The van der Waals surface area contributed by atoms with Crippen LogP contribution >= 0.6 is 0 Å². The van der Waals surface area contributed by atoms with Crippen molar-refractivity contribution in [1.82, 2.24) is 28.7 Å². The minimum Gasteiger partial charge on any atom is -0.480 e. The van der Waals surface area contributed by atoms with Crippen LogP contribution in [0.25, 0.3) is 55.9 Å². The summed E-state index contributed by atoms with van der Waals surface area (Å²) >= 11 is 0. The molecule has 0 atom stereocenters. The maximum absolute atomic E-state index is 11.8. The fraction of sp³-hybridized carbons (Fsp3) is 0.200. The highest BCUT2D eigenvalue weighted by atomic mass is 16.4. The van der Waals surface area contributed by atoms with Crippen molar-refractivity contribution in [1.29, 1.82) is 0 Å². The summed E-state index contributed by atoms with van der Waals surface area (Å²) in [4.78, 5) is 26.7. The van der Waals surface area contributed by atoms with Crippen LogP contribution in [0.2, 0.25) is 0 Å². The molecule has 0 aliphatic rings. The van der Waals surface area contributed by atoms with Crippen LogP contribution in [-0.4, -0.2) is 39.7 Å². The number of carboxylic acid groups (broad SMARTS) is 1. The molecule has 8 heteroatoms. The topological polar surface area (TPSA) is 90.8 Å².